The zero-order valence-corrected chi connectivity index (χ0v) is 28.9. The highest BCUT2D eigenvalue weighted by Gasteiger charge is 2.44. The average molecular weight is 683 g/mol. The van der Waals surface area contributed by atoms with Gasteiger partial charge in [-0.2, -0.15) is 0 Å². The Morgan fingerprint density at radius 1 is 0.898 bits per heavy atom. The van der Waals surface area contributed by atoms with Crippen LogP contribution in [0.5, 0.6) is 0 Å². The van der Waals surface area contributed by atoms with Crippen molar-refractivity contribution >= 4 is 46.3 Å². The van der Waals surface area contributed by atoms with Crippen molar-refractivity contribution in [3.05, 3.63) is 48.0 Å². The van der Waals surface area contributed by atoms with Crippen LogP contribution in [0.15, 0.2) is 42.5 Å². The molecule has 1 saturated heterocycles. The van der Waals surface area contributed by atoms with Gasteiger partial charge in [0, 0.05) is 19.4 Å². The third-order valence-corrected chi connectivity index (χ3v) is 9.00. The van der Waals surface area contributed by atoms with Gasteiger partial charge in [0.2, 0.25) is 23.6 Å². The number of hydrogen-bond donors (Lipinski definition) is 5. The number of likely N-dealkylation sites (tertiary alicyclic amines) is 1. The summed E-state index contributed by atoms with van der Waals surface area (Å²) in [6.45, 7) is 9.16. The number of nitrogens with one attached hydrogen (secondary N) is 3. The van der Waals surface area contributed by atoms with Crippen molar-refractivity contribution in [1.82, 2.24) is 20.9 Å². The van der Waals surface area contributed by atoms with E-state index in [1.807, 2.05) is 56.3 Å². The van der Waals surface area contributed by atoms with Crippen LogP contribution in [0, 0.1) is 11.8 Å². The summed E-state index contributed by atoms with van der Waals surface area (Å²) in [7, 11) is 0. The second kappa shape index (κ2) is 18.3. The molecule has 268 valence electrons. The van der Waals surface area contributed by atoms with Gasteiger partial charge in [-0.05, 0) is 34.6 Å². The molecule has 1 aliphatic rings. The fraction of sp³-hybridized carbons (Fsp3) is 0.556. The second-order valence-electron chi connectivity index (χ2n) is 13.1. The van der Waals surface area contributed by atoms with E-state index >= 15 is 0 Å². The number of amides is 4. The second-order valence-corrected chi connectivity index (χ2v) is 13.1. The number of carbonyl (C=O) groups excluding carboxylic acids is 4. The van der Waals surface area contributed by atoms with Crippen molar-refractivity contribution < 1.29 is 43.7 Å². The normalized spacial score (nSPS) is 18.4. The molecule has 0 bridgehead atoms. The summed E-state index contributed by atoms with van der Waals surface area (Å²) in [6.07, 6.45) is 0.117. The third kappa shape index (κ3) is 10.7. The van der Waals surface area contributed by atoms with Crippen LogP contribution in [0.1, 0.15) is 78.7 Å². The summed E-state index contributed by atoms with van der Waals surface area (Å²) < 4.78 is 6.28. The average Bonchev–Trinajstić information content (AvgIpc) is 3.51. The first kappa shape index (κ1) is 38.9. The lowest BCUT2D eigenvalue weighted by Gasteiger charge is -2.32. The van der Waals surface area contributed by atoms with Gasteiger partial charge < -0.3 is 35.8 Å². The fourth-order valence-electron chi connectivity index (χ4n) is 5.95. The number of aliphatic carboxylic acids is 2. The van der Waals surface area contributed by atoms with E-state index < -0.39 is 78.2 Å². The van der Waals surface area contributed by atoms with E-state index in [2.05, 4.69) is 16.0 Å². The number of hydrogen-bond acceptors (Lipinski definition) is 7. The van der Waals surface area contributed by atoms with Gasteiger partial charge in [-0.1, -0.05) is 89.9 Å². The van der Waals surface area contributed by atoms with Crippen LogP contribution in [0.2, 0.25) is 0 Å². The van der Waals surface area contributed by atoms with E-state index in [1.54, 1.807) is 20.8 Å². The Bertz CT molecular complexity index is 1490. The molecule has 49 heavy (non-hydrogen) atoms. The van der Waals surface area contributed by atoms with Crippen molar-refractivity contribution in [2.45, 2.75) is 110 Å². The van der Waals surface area contributed by atoms with Gasteiger partial charge >= 0.3 is 11.9 Å². The molecule has 2 unspecified atom stereocenters. The number of nitrogens with zero attached hydrogens (tertiary/aromatic N) is 1. The van der Waals surface area contributed by atoms with Crippen LogP contribution in [0.3, 0.4) is 0 Å². The fourth-order valence-corrected chi connectivity index (χ4v) is 5.95. The highest BCUT2D eigenvalue weighted by atomic mass is 16.5. The van der Waals surface area contributed by atoms with Crippen LogP contribution in [0.25, 0.3) is 10.8 Å². The van der Waals surface area contributed by atoms with Gasteiger partial charge in [-0.3, -0.25) is 24.0 Å². The van der Waals surface area contributed by atoms with Gasteiger partial charge in [0.25, 0.3) is 0 Å². The summed E-state index contributed by atoms with van der Waals surface area (Å²) in [5, 5.41) is 28.7. The van der Waals surface area contributed by atoms with Gasteiger partial charge in [-0.25, -0.2) is 4.79 Å². The Morgan fingerprint density at radius 3 is 2.22 bits per heavy atom. The Labute approximate surface area is 287 Å². The molecule has 0 radical (unpaired) electrons. The van der Waals surface area contributed by atoms with E-state index in [1.165, 1.54) is 4.90 Å². The van der Waals surface area contributed by atoms with Crippen molar-refractivity contribution in [3.63, 3.8) is 0 Å². The Morgan fingerprint density at radius 2 is 1.59 bits per heavy atom. The Hall–Kier alpha value is -4.52. The molecule has 13 nitrogen and oxygen atoms in total. The van der Waals surface area contributed by atoms with Crippen LogP contribution in [-0.2, 0) is 40.1 Å². The molecule has 0 saturated carbocycles. The zero-order chi connectivity index (χ0) is 36.2. The van der Waals surface area contributed by atoms with Crippen molar-refractivity contribution in [2.75, 3.05) is 6.54 Å². The highest BCUT2D eigenvalue weighted by molar-refractivity contribution is 5.96. The minimum atomic E-state index is -1.18. The molecule has 2 aromatic rings. The van der Waals surface area contributed by atoms with E-state index in [4.69, 9.17) is 9.84 Å². The van der Waals surface area contributed by atoms with Gasteiger partial charge in [-0.15, -0.1) is 0 Å². The SMILES string of the molecule is CCC[C@H](NC(=O)C1C[C@@H](OCc2cccc3ccccc23)CN1C(=O)[C@@H](NC(=O)[C@@H](NC(=O)CCC(=O)O)C(C)CC)C(C)C)C(=O)O. The standard InChI is InChI=1S/C36H50N4O9/c1-6-11-27(36(47)48)37-33(44)28-18-25(49-20-24-14-10-13-23-12-8-9-15-26(23)24)19-40(28)35(46)31(21(3)4)39-34(45)32(22(5)7-2)38-29(41)16-17-30(42)43/h8-10,12-15,21-22,25,27-28,31-32H,6-7,11,16-20H2,1-5H3,(H,37,44)(H,38,41)(H,39,45)(H,42,43)(H,47,48)/t22?,25-,27+,28?,31+,32+/m1/s1. The van der Waals surface area contributed by atoms with Crippen LogP contribution in [0.4, 0.5) is 0 Å². The maximum absolute atomic E-state index is 14.2. The summed E-state index contributed by atoms with van der Waals surface area (Å²) in [5.74, 6) is -5.45. The van der Waals surface area contributed by atoms with Gasteiger partial charge in [0.15, 0.2) is 0 Å². The number of rotatable bonds is 18. The predicted octanol–water partition coefficient (Wildman–Crippen LogP) is 3.23. The summed E-state index contributed by atoms with van der Waals surface area (Å²) in [5.41, 5.74) is 0.937. The smallest absolute Gasteiger partial charge is 0.326 e. The first-order chi connectivity index (χ1) is 23.3. The summed E-state index contributed by atoms with van der Waals surface area (Å²) >= 11 is 0. The molecule has 1 aliphatic heterocycles. The first-order valence-electron chi connectivity index (χ1n) is 17.0. The predicted molar refractivity (Wildman–Crippen MR) is 182 cm³/mol. The number of ether oxygens (including phenoxy) is 1. The van der Waals surface area contributed by atoms with Crippen LogP contribution < -0.4 is 16.0 Å². The van der Waals surface area contributed by atoms with E-state index in [-0.39, 0.29) is 38.3 Å². The Balaban J connectivity index is 1.85. The van der Waals surface area contributed by atoms with E-state index in [0.717, 1.165) is 16.3 Å². The quantitative estimate of drug-likeness (QED) is 0.157. The van der Waals surface area contributed by atoms with Crippen LogP contribution >= 0.6 is 0 Å². The molecule has 5 N–H and O–H groups in total. The number of carboxylic acids is 2. The molecule has 6 atom stereocenters. The maximum Gasteiger partial charge on any atom is 0.326 e. The van der Waals surface area contributed by atoms with E-state index in [0.29, 0.717) is 12.8 Å². The van der Waals surface area contributed by atoms with Crippen molar-refractivity contribution in [3.8, 4) is 0 Å². The highest BCUT2D eigenvalue weighted by Crippen LogP contribution is 2.26. The summed E-state index contributed by atoms with van der Waals surface area (Å²) in [4.78, 5) is 78.1. The molecule has 0 aromatic heterocycles. The van der Waals surface area contributed by atoms with Crippen molar-refractivity contribution in [2.24, 2.45) is 11.8 Å². The molecular weight excluding hydrogens is 632 g/mol. The monoisotopic (exact) mass is 682 g/mol. The van der Waals surface area contributed by atoms with Gasteiger partial charge in [0.05, 0.1) is 19.1 Å². The zero-order valence-electron chi connectivity index (χ0n) is 28.9. The maximum atomic E-state index is 14.2. The minimum absolute atomic E-state index is 0.0347. The molecule has 1 fully saturated rings. The van der Waals surface area contributed by atoms with Gasteiger partial charge in [0.1, 0.15) is 24.2 Å². The molecule has 3 rings (SSSR count). The number of benzene rings is 2. The molecule has 2 aromatic carbocycles. The number of carbonyl (C=O) groups is 6. The molecule has 0 spiro atoms. The largest absolute Gasteiger partial charge is 0.481 e. The molecule has 1 heterocycles. The first-order valence-corrected chi connectivity index (χ1v) is 17.0. The third-order valence-electron chi connectivity index (χ3n) is 9.00. The topological polar surface area (TPSA) is 191 Å². The molecular formula is C36H50N4O9. The molecule has 13 heteroatoms. The van der Waals surface area contributed by atoms with Crippen LogP contribution in [-0.4, -0.2) is 87.5 Å². The van der Waals surface area contributed by atoms with E-state index in [9.17, 15) is 33.9 Å². The lowest BCUT2D eigenvalue weighted by molar-refractivity contribution is -0.145. The number of fused-ring (bicyclic) bond motifs is 1. The lowest BCUT2D eigenvalue weighted by Crippen LogP contribution is -2.59. The summed E-state index contributed by atoms with van der Waals surface area (Å²) in [6, 6.07) is 9.45. The lowest BCUT2D eigenvalue weighted by atomic mass is 9.96. The van der Waals surface area contributed by atoms with Crippen molar-refractivity contribution in [1.29, 1.82) is 0 Å². The minimum Gasteiger partial charge on any atom is -0.481 e. The Kier molecular flexibility index (Phi) is 14.5. The molecule has 4 amide bonds. The molecule has 0 aliphatic carbocycles. The number of carboxylic acid groups (broad SMARTS) is 2.